The molecular weight excluding hydrogens is 360 g/mol. The average molecular weight is 385 g/mol. The van der Waals surface area contributed by atoms with Crippen molar-refractivity contribution in [2.24, 2.45) is 5.92 Å². The fraction of sp³-hybridized carbons (Fsp3) is 0.500. The number of aromatic nitrogens is 2. The molecule has 1 aliphatic heterocycles. The molecule has 0 radical (unpaired) electrons. The van der Waals surface area contributed by atoms with Crippen molar-refractivity contribution in [3.05, 3.63) is 46.5 Å². The maximum absolute atomic E-state index is 12.8. The summed E-state index contributed by atoms with van der Waals surface area (Å²) in [5, 5.41) is 4.09. The van der Waals surface area contributed by atoms with Gasteiger partial charge in [-0.05, 0) is 35.9 Å². The molecule has 142 valence electrons. The van der Waals surface area contributed by atoms with Crippen LogP contribution in [0.25, 0.3) is 0 Å². The highest BCUT2D eigenvalue weighted by atomic mass is 32.1. The number of carbonyl (C=O) groups excluding carboxylic acids is 2. The standard InChI is InChI=1S/C20H24N4O2S/c1-2-6-17-18(27-22-21-17)20(26)24-11-9-23(10-12-24)19(25)16-13-15(16)14-7-4-3-5-8-14/h3-5,7-8,15-16H,2,6,9-13H2,1H3/t15-,16-/m1/s1. The van der Waals surface area contributed by atoms with Gasteiger partial charge in [0.2, 0.25) is 5.91 Å². The van der Waals surface area contributed by atoms with E-state index in [0.29, 0.717) is 37.0 Å². The summed E-state index contributed by atoms with van der Waals surface area (Å²) in [6.07, 6.45) is 2.66. The number of carbonyl (C=O) groups is 2. The zero-order valence-electron chi connectivity index (χ0n) is 15.5. The third kappa shape index (κ3) is 3.74. The van der Waals surface area contributed by atoms with Crippen LogP contribution in [0.2, 0.25) is 0 Å². The molecule has 4 rings (SSSR count). The number of rotatable bonds is 5. The number of piperazine rings is 1. The zero-order chi connectivity index (χ0) is 18.8. The van der Waals surface area contributed by atoms with Crippen molar-refractivity contribution in [1.29, 1.82) is 0 Å². The third-order valence-corrected chi connectivity index (χ3v) is 6.21. The quantitative estimate of drug-likeness (QED) is 0.795. The summed E-state index contributed by atoms with van der Waals surface area (Å²) in [4.78, 5) is 30.0. The molecule has 1 aromatic carbocycles. The van der Waals surface area contributed by atoms with Crippen LogP contribution < -0.4 is 0 Å². The summed E-state index contributed by atoms with van der Waals surface area (Å²) in [7, 11) is 0. The van der Waals surface area contributed by atoms with E-state index in [1.165, 1.54) is 17.1 Å². The van der Waals surface area contributed by atoms with Gasteiger partial charge in [0, 0.05) is 32.1 Å². The van der Waals surface area contributed by atoms with E-state index >= 15 is 0 Å². The van der Waals surface area contributed by atoms with Gasteiger partial charge in [0.05, 0.1) is 5.69 Å². The van der Waals surface area contributed by atoms with Gasteiger partial charge in [-0.3, -0.25) is 9.59 Å². The monoisotopic (exact) mass is 384 g/mol. The number of aryl methyl sites for hydroxylation is 1. The van der Waals surface area contributed by atoms with Gasteiger partial charge in [-0.15, -0.1) is 5.10 Å². The molecule has 1 saturated carbocycles. The highest BCUT2D eigenvalue weighted by Crippen LogP contribution is 2.48. The van der Waals surface area contributed by atoms with Crippen LogP contribution in [-0.2, 0) is 11.2 Å². The fourth-order valence-electron chi connectivity index (χ4n) is 3.82. The number of amides is 2. The molecule has 2 amide bonds. The molecule has 1 aliphatic carbocycles. The summed E-state index contributed by atoms with van der Waals surface area (Å²) in [5.41, 5.74) is 2.06. The Morgan fingerprint density at radius 3 is 2.52 bits per heavy atom. The first-order valence-electron chi connectivity index (χ1n) is 9.63. The second kappa shape index (κ2) is 7.76. The van der Waals surface area contributed by atoms with Crippen molar-refractivity contribution in [2.75, 3.05) is 26.2 Å². The predicted octanol–water partition coefficient (Wildman–Crippen LogP) is 2.58. The van der Waals surface area contributed by atoms with E-state index in [0.717, 1.165) is 25.0 Å². The molecule has 0 spiro atoms. The lowest BCUT2D eigenvalue weighted by atomic mass is 10.1. The van der Waals surface area contributed by atoms with E-state index < -0.39 is 0 Å². The van der Waals surface area contributed by atoms with Gasteiger partial charge in [-0.1, -0.05) is 48.2 Å². The first-order valence-corrected chi connectivity index (χ1v) is 10.4. The minimum Gasteiger partial charge on any atom is -0.339 e. The molecule has 0 unspecified atom stereocenters. The maximum atomic E-state index is 12.8. The predicted molar refractivity (Wildman–Crippen MR) is 104 cm³/mol. The molecule has 0 N–H and O–H groups in total. The van der Waals surface area contributed by atoms with Crippen LogP contribution in [0.15, 0.2) is 30.3 Å². The lowest BCUT2D eigenvalue weighted by molar-refractivity contribution is -0.134. The van der Waals surface area contributed by atoms with E-state index in [9.17, 15) is 9.59 Å². The van der Waals surface area contributed by atoms with Crippen LogP contribution in [0.3, 0.4) is 0 Å². The van der Waals surface area contributed by atoms with Crippen molar-refractivity contribution in [3.63, 3.8) is 0 Å². The smallest absolute Gasteiger partial charge is 0.267 e. The Balaban J connectivity index is 1.32. The second-order valence-electron chi connectivity index (χ2n) is 7.28. The summed E-state index contributed by atoms with van der Waals surface area (Å²) >= 11 is 1.18. The minimum atomic E-state index is 0.00846. The average Bonchev–Trinajstić information content (AvgIpc) is 3.39. The normalized spacial score (nSPS) is 22.0. The summed E-state index contributed by atoms with van der Waals surface area (Å²) in [5.74, 6) is 0.714. The van der Waals surface area contributed by atoms with Crippen LogP contribution in [0.4, 0.5) is 0 Å². The van der Waals surface area contributed by atoms with Crippen molar-refractivity contribution in [2.45, 2.75) is 32.1 Å². The Morgan fingerprint density at radius 1 is 1.11 bits per heavy atom. The van der Waals surface area contributed by atoms with Crippen molar-refractivity contribution >= 4 is 23.3 Å². The highest BCUT2D eigenvalue weighted by molar-refractivity contribution is 7.08. The van der Waals surface area contributed by atoms with Crippen LogP contribution in [0, 0.1) is 5.92 Å². The van der Waals surface area contributed by atoms with Crippen LogP contribution in [0.5, 0.6) is 0 Å². The molecule has 2 heterocycles. The molecule has 2 atom stereocenters. The van der Waals surface area contributed by atoms with Gasteiger partial charge in [-0.25, -0.2) is 0 Å². The number of nitrogens with zero attached hydrogens (tertiary/aromatic N) is 4. The fourth-order valence-corrected chi connectivity index (χ4v) is 4.49. The molecule has 1 saturated heterocycles. The van der Waals surface area contributed by atoms with Gasteiger partial charge in [0.25, 0.3) is 5.91 Å². The molecule has 2 fully saturated rings. The van der Waals surface area contributed by atoms with Crippen molar-refractivity contribution in [1.82, 2.24) is 19.4 Å². The first kappa shape index (κ1) is 18.1. The van der Waals surface area contributed by atoms with Gasteiger partial charge in [-0.2, -0.15) is 0 Å². The van der Waals surface area contributed by atoms with Gasteiger partial charge >= 0.3 is 0 Å². The zero-order valence-corrected chi connectivity index (χ0v) is 16.3. The summed E-state index contributed by atoms with van der Waals surface area (Å²) in [6, 6.07) is 10.3. The molecule has 0 bridgehead atoms. The lowest BCUT2D eigenvalue weighted by Gasteiger charge is -2.34. The Bertz CT molecular complexity index is 814. The molecule has 27 heavy (non-hydrogen) atoms. The van der Waals surface area contributed by atoms with Crippen molar-refractivity contribution in [3.8, 4) is 0 Å². The number of hydrogen-bond acceptors (Lipinski definition) is 5. The molecule has 2 aromatic rings. The SMILES string of the molecule is CCCc1nnsc1C(=O)N1CCN(C(=O)[C@@H]2C[C@@H]2c2ccccc2)CC1. The second-order valence-corrected chi connectivity index (χ2v) is 8.03. The minimum absolute atomic E-state index is 0.00846. The van der Waals surface area contributed by atoms with Crippen LogP contribution in [-0.4, -0.2) is 57.4 Å². The van der Waals surface area contributed by atoms with Crippen molar-refractivity contribution < 1.29 is 9.59 Å². The molecule has 2 aliphatic rings. The Kier molecular flexibility index (Phi) is 5.20. The summed E-state index contributed by atoms with van der Waals surface area (Å²) in [6.45, 7) is 4.45. The van der Waals surface area contributed by atoms with E-state index in [2.05, 4.69) is 28.6 Å². The molecule has 7 heteroatoms. The largest absolute Gasteiger partial charge is 0.339 e. The van der Waals surface area contributed by atoms with Gasteiger partial charge < -0.3 is 9.80 Å². The lowest BCUT2D eigenvalue weighted by Crippen LogP contribution is -2.51. The van der Waals surface area contributed by atoms with E-state index in [1.807, 2.05) is 28.0 Å². The van der Waals surface area contributed by atoms with Gasteiger partial charge in [0.1, 0.15) is 4.88 Å². The first-order chi connectivity index (χ1) is 13.2. The third-order valence-electron chi connectivity index (χ3n) is 5.45. The van der Waals surface area contributed by atoms with Crippen LogP contribution in [0.1, 0.15) is 46.6 Å². The van der Waals surface area contributed by atoms with E-state index in [-0.39, 0.29) is 17.7 Å². The Hall–Kier alpha value is -2.28. The summed E-state index contributed by atoms with van der Waals surface area (Å²) < 4.78 is 3.95. The van der Waals surface area contributed by atoms with E-state index in [1.54, 1.807) is 0 Å². The topological polar surface area (TPSA) is 66.4 Å². The number of hydrogen-bond donors (Lipinski definition) is 0. The molecular formula is C20H24N4O2S. The highest BCUT2D eigenvalue weighted by Gasteiger charge is 2.46. The Labute approximate surface area is 163 Å². The molecule has 6 nitrogen and oxygen atoms in total. The number of benzene rings is 1. The molecule has 1 aromatic heterocycles. The maximum Gasteiger partial charge on any atom is 0.267 e. The van der Waals surface area contributed by atoms with Crippen LogP contribution >= 0.6 is 11.5 Å². The van der Waals surface area contributed by atoms with Gasteiger partial charge in [0.15, 0.2) is 0 Å². The van der Waals surface area contributed by atoms with E-state index in [4.69, 9.17) is 0 Å². The Morgan fingerprint density at radius 2 is 1.81 bits per heavy atom.